The van der Waals surface area contributed by atoms with Gasteiger partial charge in [-0.15, -0.1) is 11.3 Å². The minimum Gasteiger partial charge on any atom is -0.435 e. The van der Waals surface area contributed by atoms with Crippen molar-refractivity contribution in [3.05, 3.63) is 82.5 Å². The molecular weight excluding hydrogens is 464 g/mol. The standard InChI is InChI=1S/C23H17F2N5O3S/c1-12-20(17-6-5-14(24)11-28-17)30-23(34-12)29-19(31)10-13-4-7-18(16(25)9-13)33-22-15(21(26)32)3-2-8-27-22/h2-9,11H,10H2,1H3,(H2,26,32)(H,29,30,31). The van der Waals surface area contributed by atoms with Crippen LogP contribution in [-0.2, 0) is 11.2 Å². The smallest absolute Gasteiger partial charge is 0.254 e. The number of primary amides is 1. The highest BCUT2D eigenvalue weighted by molar-refractivity contribution is 7.16. The molecule has 3 heterocycles. The van der Waals surface area contributed by atoms with Gasteiger partial charge in [0.15, 0.2) is 16.7 Å². The number of thiazole rings is 1. The van der Waals surface area contributed by atoms with E-state index in [1.807, 2.05) is 6.92 Å². The third kappa shape index (κ3) is 5.21. The zero-order valence-corrected chi connectivity index (χ0v) is 18.5. The largest absolute Gasteiger partial charge is 0.435 e. The normalized spacial score (nSPS) is 10.7. The van der Waals surface area contributed by atoms with E-state index in [4.69, 9.17) is 10.5 Å². The van der Waals surface area contributed by atoms with Crippen molar-refractivity contribution >= 4 is 28.3 Å². The van der Waals surface area contributed by atoms with Crippen LogP contribution in [-0.4, -0.2) is 26.8 Å². The predicted octanol–water partition coefficient (Wildman–Crippen LogP) is 4.26. The van der Waals surface area contributed by atoms with Crippen molar-refractivity contribution < 1.29 is 23.1 Å². The van der Waals surface area contributed by atoms with Gasteiger partial charge in [-0.1, -0.05) is 6.07 Å². The predicted molar refractivity (Wildman–Crippen MR) is 122 cm³/mol. The van der Waals surface area contributed by atoms with Crippen molar-refractivity contribution in [3.63, 3.8) is 0 Å². The van der Waals surface area contributed by atoms with Crippen molar-refractivity contribution in [2.24, 2.45) is 5.73 Å². The number of aryl methyl sites for hydroxylation is 1. The lowest BCUT2D eigenvalue weighted by Crippen LogP contribution is -2.14. The first kappa shape index (κ1) is 22.9. The third-order valence-electron chi connectivity index (χ3n) is 4.62. The van der Waals surface area contributed by atoms with E-state index in [1.54, 1.807) is 0 Å². The van der Waals surface area contributed by atoms with Gasteiger partial charge < -0.3 is 15.8 Å². The molecule has 0 spiro atoms. The molecule has 2 amide bonds. The summed E-state index contributed by atoms with van der Waals surface area (Å²) in [5.74, 6) is -2.64. The first-order valence-electron chi connectivity index (χ1n) is 9.90. The Bertz CT molecular complexity index is 1380. The summed E-state index contributed by atoms with van der Waals surface area (Å²) in [6.45, 7) is 1.81. The van der Waals surface area contributed by atoms with Gasteiger partial charge in [-0.2, -0.15) is 0 Å². The second-order valence-corrected chi connectivity index (χ2v) is 8.30. The van der Waals surface area contributed by atoms with E-state index >= 15 is 0 Å². The van der Waals surface area contributed by atoms with Crippen LogP contribution in [0.15, 0.2) is 54.9 Å². The van der Waals surface area contributed by atoms with Gasteiger partial charge >= 0.3 is 0 Å². The molecule has 4 aromatic rings. The number of hydrogen-bond donors (Lipinski definition) is 2. The quantitative estimate of drug-likeness (QED) is 0.407. The molecule has 4 rings (SSSR count). The molecule has 0 bridgehead atoms. The molecule has 1 aromatic carbocycles. The number of carbonyl (C=O) groups is 2. The summed E-state index contributed by atoms with van der Waals surface area (Å²) in [6.07, 6.45) is 2.36. The summed E-state index contributed by atoms with van der Waals surface area (Å²) >= 11 is 1.25. The van der Waals surface area contributed by atoms with Gasteiger partial charge in [0, 0.05) is 11.1 Å². The maximum absolute atomic E-state index is 14.6. The molecule has 0 saturated carbocycles. The van der Waals surface area contributed by atoms with Crippen molar-refractivity contribution in [2.45, 2.75) is 13.3 Å². The van der Waals surface area contributed by atoms with Crippen LogP contribution in [0.5, 0.6) is 11.6 Å². The van der Waals surface area contributed by atoms with Gasteiger partial charge in [-0.3, -0.25) is 14.6 Å². The molecule has 0 aliphatic carbocycles. The fourth-order valence-corrected chi connectivity index (χ4v) is 3.89. The lowest BCUT2D eigenvalue weighted by molar-refractivity contribution is -0.115. The van der Waals surface area contributed by atoms with E-state index in [1.165, 1.54) is 53.9 Å². The zero-order valence-electron chi connectivity index (χ0n) is 17.7. The lowest BCUT2D eigenvalue weighted by Gasteiger charge is -2.09. The molecule has 0 aliphatic heterocycles. The Balaban J connectivity index is 1.43. The molecule has 34 heavy (non-hydrogen) atoms. The van der Waals surface area contributed by atoms with E-state index in [9.17, 15) is 18.4 Å². The number of carbonyl (C=O) groups excluding carboxylic acids is 2. The summed E-state index contributed by atoms with van der Waals surface area (Å²) in [7, 11) is 0. The maximum Gasteiger partial charge on any atom is 0.254 e. The first-order chi connectivity index (χ1) is 16.3. The number of benzene rings is 1. The number of nitrogens with zero attached hydrogens (tertiary/aromatic N) is 3. The minimum absolute atomic E-state index is 0.0132. The topological polar surface area (TPSA) is 120 Å². The molecule has 11 heteroatoms. The summed E-state index contributed by atoms with van der Waals surface area (Å²) in [5, 5.41) is 3.02. The molecule has 3 aromatic heterocycles. The fraction of sp³-hybridized carbons (Fsp3) is 0.0870. The van der Waals surface area contributed by atoms with Crippen LogP contribution in [0.3, 0.4) is 0 Å². The number of ether oxygens (including phenoxy) is 1. The number of amides is 2. The molecule has 0 radical (unpaired) electrons. The number of pyridine rings is 2. The van der Waals surface area contributed by atoms with Gasteiger partial charge in [-0.05, 0) is 48.9 Å². The van der Waals surface area contributed by atoms with Crippen LogP contribution in [0.1, 0.15) is 20.8 Å². The highest BCUT2D eigenvalue weighted by atomic mass is 32.1. The minimum atomic E-state index is -0.757. The summed E-state index contributed by atoms with van der Waals surface area (Å²) in [5.41, 5.74) is 6.71. The van der Waals surface area contributed by atoms with Crippen LogP contribution >= 0.6 is 11.3 Å². The zero-order chi connectivity index (χ0) is 24.2. The third-order valence-corrected chi connectivity index (χ3v) is 5.50. The summed E-state index contributed by atoms with van der Waals surface area (Å²) < 4.78 is 33.1. The molecule has 0 fully saturated rings. The van der Waals surface area contributed by atoms with E-state index in [2.05, 4.69) is 20.3 Å². The van der Waals surface area contributed by atoms with Crippen molar-refractivity contribution in [3.8, 4) is 23.0 Å². The summed E-state index contributed by atoms with van der Waals surface area (Å²) in [6, 6.07) is 9.72. The Morgan fingerprint density at radius 3 is 2.68 bits per heavy atom. The van der Waals surface area contributed by atoms with Crippen LogP contribution in [0, 0.1) is 18.6 Å². The Hall–Kier alpha value is -4.25. The van der Waals surface area contributed by atoms with E-state index in [0.29, 0.717) is 22.1 Å². The first-order valence-corrected chi connectivity index (χ1v) is 10.7. The van der Waals surface area contributed by atoms with E-state index in [0.717, 1.165) is 17.1 Å². The number of nitrogens with two attached hydrogens (primary N) is 1. The van der Waals surface area contributed by atoms with Crippen LogP contribution < -0.4 is 15.8 Å². The maximum atomic E-state index is 14.6. The molecule has 0 atom stereocenters. The van der Waals surface area contributed by atoms with E-state index < -0.39 is 23.4 Å². The lowest BCUT2D eigenvalue weighted by atomic mass is 10.1. The van der Waals surface area contributed by atoms with Gasteiger partial charge in [0.25, 0.3) is 5.91 Å². The number of halogens is 2. The van der Waals surface area contributed by atoms with Crippen LogP contribution in [0.2, 0.25) is 0 Å². The fourth-order valence-electron chi connectivity index (χ4n) is 3.05. The van der Waals surface area contributed by atoms with Crippen LogP contribution in [0.4, 0.5) is 13.9 Å². The van der Waals surface area contributed by atoms with E-state index in [-0.39, 0.29) is 23.6 Å². The van der Waals surface area contributed by atoms with Crippen LogP contribution in [0.25, 0.3) is 11.4 Å². The Labute approximate surface area is 196 Å². The molecule has 172 valence electrons. The number of nitrogens with one attached hydrogen (secondary N) is 1. The Morgan fingerprint density at radius 1 is 1.15 bits per heavy atom. The van der Waals surface area contributed by atoms with Crippen molar-refractivity contribution in [2.75, 3.05) is 5.32 Å². The molecule has 8 nitrogen and oxygen atoms in total. The second kappa shape index (κ2) is 9.71. The Morgan fingerprint density at radius 2 is 1.97 bits per heavy atom. The monoisotopic (exact) mass is 481 g/mol. The Kier molecular flexibility index (Phi) is 6.55. The number of hydrogen-bond acceptors (Lipinski definition) is 7. The average Bonchev–Trinajstić information content (AvgIpc) is 3.16. The van der Waals surface area contributed by atoms with Gasteiger partial charge in [-0.25, -0.2) is 18.7 Å². The number of rotatable bonds is 7. The highest BCUT2D eigenvalue weighted by Gasteiger charge is 2.16. The average molecular weight is 481 g/mol. The van der Waals surface area contributed by atoms with Gasteiger partial charge in [0.2, 0.25) is 11.8 Å². The molecule has 0 saturated heterocycles. The highest BCUT2D eigenvalue weighted by Crippen LogP contribution is 2.30. The number of anilines is 1. The SMILES string of the molecule is Cc1sc(NC(=O)Cc2ccc(Oc3ncccc3C(N)=O)c(F)c2)nc1-c1ccc(F)cn1. The van der Waals surface area contributed by atoms with Gasteiger partial charge in [0.05, 0.1) is 18.3 Å². The van der Waals surface area contributed by atoms with Gasteiger partial charge in [0.1, 0.15) is 17.1 Å². The van der Waals surface area contributed by atoms with Crippen molar-refractivity contribution in [1.29, 1.82) is 0 Å². The molecule has 0 aliphatic rings. The summed E-state index contributed by atoms with van der Waals surface area (Å²) in [4.78, 5) is 37.0. The van der Waals surface area contributed by atoms with Crippen molar-refractivity contribution in [1.82, 2.24) is 15.0 Å². The molecule has 0 unspecified atom stereocenters. The number of aromatic nitrogens is 3. The molecule has 3 N–H and O–H groups in total. The second-order valence-electron chi connectivity index (χ2n) is 7.10. The molecular formula is C23H17F2N5O3S.